The van der Waals surface area contributed by atoms with Gasteiger partial charge in [-0.1, -0.05) is 36.4 Å². The van der Waals surface area contributed by atoms with Gasteiger partial charge in [-0.3, -0.25) is 0 Å². The maximum atomic E-state index is 12.5. The van der Waals surface area contributed by atoms with Crippen LogP contribution in [0.3, 0.4) is 0 Å². The maximum absolute atomic E-state index is 12.5. The molecule has 2 aromatic carbocycles. The lowest BCUT2D eigenvalue weighted by Crippen LogP contribution is -2.18. The summed E-state index contributed by atoms with van der Waals surface area (Å²) in [6.07, 6.45) is 0.745. The maximum Gasteiger partial charge on any atom is 0.0852 e. The molecule has 94 valence electrons. The molecule has 2 nitrogen and oxygen atoms in total. The van der Waals surface area contributed by atoms with Gasteiger partial charge in [0.05, 0.1) is 10.8 Å². The van der Waals surface area contributed by atoms with Crippen molar-refractivity contribution in [2.45, 2.75) is 29.2 Å². The molecule has 0 amide bonds. The predicted molar refractivity (Wildman–Crippen MR) is 74.9 cm³/mol. The van der Waals surface area contributed by atoms with E-state index < -0.39 is 10.8 Å². The number of hydrogen-bond donors (Lipinski definition) is 1. The fourth-order valence-corrected chi connectivity index (χ4v) is 3.12. The Hall–Kier alpha value is -1.45. The van der Waals surface area contributed by atoms with E-state index in [2.05, 4.69) is 0 Å². The second-order valence-electron chi connectivity index (χ2n) is 4.37. The van der Waals surface area contributed by atoms with Gasteiger partial charge in [0.2, 0.25) is 0 Å². The third kappa shape index (κ3) is 3.06. The second kappa shape index (κ2) is 5.94. The zero-order chi connectivity index (χ0) is 13.0. The van der Waals surface area contributed by atoms with E-state index in [1.54, 1.807) is 0 Å². The summed E-state index contributed by atoms with van der Waals surface area (Å²) in [7, 11) is -1.13. The molecule has 0 aromatic heterocycles. The average molecular weight is 259 g/mol. The highest BCUT2D eigenvalue weighted by atomic mass is 32.2. The molecular formula is C15H17NOS. The van der Waals surface area contributed by atoms with Gasteiger partial charge in [0.25, 0.3) is 0 Å². The lowest BCUT2D eigenvalue weighted by molar-refractivity contribution is 0.679. The van der Waals surface area contributed by atoms with Crippen molar-refractivity contribution >= 4 is 10.8 Å². The molecule has 0 radical (unpaired) electrons. The van der Waals surface area contributed by atoms with Crippen LogP contribution >= 0.6 is 0 Å². The monoisotopic (exact) mass is 259 g/mol. The number of hydrogen-bond acceptors (Lipinski definition) is 2. The fraction of sp³-hybridized carbons (Fsp3) is 0.200. The van der Waals surface area contributed by atoms with Gasteiger partial charge in [0, 0.05) is 15.8 Å². The van der Waals surface area contributed by atoms with E-state index in [1.807, 2.05) is 61.5 Å². The highest BCUT2D eigenvalue weighted by Crippen LogP contribution is 2.20. The third-order valence-corrected chi connectivity index (χ3v) is 4.17. The van der Waals surface area contributed by atoms with Crippen molar-refractivity contribution in [2.24, 2.45) is 5.73 Å². The molecule has 2 rings (SSSR count). The first-order valence-corrected chi connectivity index (χ1v) is 7.14. The van der Waals surface area contributed by atoms with E-state index in [4.69, 9.17) is 5.73 Å². The minimum atomic E-state index is -1.13. The number of rotatable bonds is 4. The minimum Gasteiger partial charge on any atom is -0.328 e. The van der Waals surface area contributed by atoms with Gasteiger partial charge in [-0.05, 0) is 37.1 Å². The molecule has 0 unspecified atom stereocenters. The summed E-state index contributed by atoms with van der Waals surface area (Å²) in [6.45, 7) is 1.96. The topological polar surface area (TPSA) is 43.1 Å². The summed E-state index contributed by atoms with van der Waals surface area (Å²) in [6, 6.07) is 17.4. The SMILES string of the molecule is C[C@@H](N)Cc1ccccc1[S@](=O)c1ccccc1. The molecule has 3 heteroatoms. The van der Waals surface area contributed by atoms with Crippen LogP contribution < -0.4 is 5.73 Å². The zero-order valence-corrected chi connectivity index (χ0v) is 11.2. The van der Waals surface area contributed by atoms with Crippen molar-refractivity contribution < 1.29 is 4.21 Å². The Balaban J connectivity index is 2.36. The molecule has 0 bridgehead atoms. The van der Waals surface area contributed by atoms with E-state index in [0.29, 0.717) is 0 Å². The number of benzene rings is 2. The van der Waals surface area contributed by atoms with E-state index in [-0.39, 0.29) is 6.04 Å². The standard InChI is InChI=1S/C15H17NOS/c1-12(16)11-13-7-5-6-10-15(13)18(17)14-8-3-2-4-9-14/h2-10,12H,11,16H2,1H3/t12-,18-/m1/s1. The van der Waals surface area contributed by atoms with Gasteiger partial charge in [-0.25, -0.2) is 4.21 Å². The zero-order valence-electron chi connectivity index (χ0n) is 10.4. The summed E-state index contributed by atoms with van der Waals surface area (Å²) in [5.74, 6) is 0. The van der Waals surface area contributed by atoms with Crippen LogP contribution in [0.1, 0.15) is 12.5 Å². The average Bonchev–Trinajstić information content (AvgIpc) is 2.39. The van der Waals surface area contributed by atoms with Crippen LogP contribution in [0.15, 0.2) is 64.4 Å². The van der Waals surface area contributed by atoms with Crippen LogP contribution in [-0.2, 0) is 17.2 Å². The largest absolute Gasteiger partial charge is 0.328 e. The predicted octanol–water partition coefficient (Wildman–Crippen LogP) is 2.74. The lowest BCUT2D eigenvalue weighted by Gasteiger charge is -2.11. The lowest BCUT2D eigenvalue weighted by atomic mass is 10.1. The molecule has 0 aliphatic carbocycles. The molecule has 2 atom stereocenters. The number of nitrogens with two attached hydrogens (primary N) is 1. The summed E-state index contributed by atoms with van der Waals surface area (Å²) in [4.78, 5) is 1.69. The Labute approximate surface area is 110 Å². The Morgan fingerprint density at radius 1 is 1.06 bits per heavy atom. The van der Waals surface area contributed by atoms with Crippen molar-refractivity contribution in [1.29, 1.82) is 0 Å². The Morgan fingerprint density at radius 3 is 2.33 bits per heavy atom. The first-order valence-electron chi connectivity index (χ1n) is 5.99. The van der Waals surface area contributed by atoms with Crippen molar-refractivity contribution in [2.75, 3.05) is 0 Å². The summed E-state index contributed by atoms with van der Waals surface area (Å²) >= 11 is 0. The Morgan fingerprint density at radius 2 is 1.67 bits per heavy atom. The first-order chi connectivity index (χ1) is 8.68. The van der Waals surface area contributed by atoms with E-state index in [9.17, 15) is 4.21 Å². The van der Waals surface area contributed by atoms with Crippen LogP contribution in [0.25, 0.3) is 0 Å². The highest BCUT2D eigenvalue weighted by Gasteiger charge is 2.12. The first kappa shape index (κ1) is 13.0. The van der Waals surface area contributed by atoms with E-state index in [1.165, 1.54) is 0 Å². The Bertz CT molecular complexity index is 537. The molecule has 0 fully saturated rings. The molecule has 0 spiro atoms. The van der Waals surface area contributed by atoms with Crippen molar-refractivity contribution in [3.63, 3.8) is 0 Å². The van der Waals surface area contributed by atoms with Crippen LogP contribution in [-0.4, -0.2) is 10.3 Å². The summed E-state index contributed by atoms with van der Waals surface area (Å²) in [5.41, 5.74) is 6.90. The molecular weight excluding hydrogens is 242 g/mol. The van der Waals surface area contributed by atoms with Gasteiger partial charge >= 0.3 is 0 Å². The third-order valence-electron chi connectivity index (χ3n) is 2.67. The van der Waals surface area contributed by atoms with Crippen LogP contribution in [0.2, 0.25) is 0 Å². The van der Waals surface area contributed by atoms with Gasteiger partial charge in [0.1, 0.15) is 0 Å². The van der Waals surface area contributed by atoms with E-state index in [0.717, 1.165) is 21.8 Å². The summed E-state index contributed by atoms with van der Waals surface area (Å²) < 4.78 is 12.5. The van der Waals surface area contributed by atoms with Crippen LogP contribution in [0.4, 0.5) is 0 Å². The van der Waals surface area contributed by atoms with Crippen LogP contribution in [0.5, 0.6) is 0 Å². The van der Waals surface area contributed by atoms with Gasteiger partial charge in [0.15, 0.2) is 0 Å². The van der Waals surface area contributed by atoms with Gasteiger partial charge < -0.3 is 5.73 Å². The van der Waals surface area contributed by atoms with Crippen molar-refractivity contribution in [1.82, 2.24) is 0 Å². The molecule has 0 saturated heterocycles. The molecule has 2 aromatic rings. The molecule has 2 N–H and O–H groups in total. The molecule has 0 saturated carbocycles. The molecule has 0 aliphatic rings. The van der Waals surface area contributed by atoms with Gasteiger partial charge in [-0.15, -0.1) is 0 Å². The Kier molecular flexibility index (Phi) is 4.28. The van der Waals surface area contributed by atoms with E-state index >= 15 is 0 Å². The molecule has 18 heavy (non-hydrogen) atoms. The quantitative estimate of drug-likeness (QED) is 0.917. The molecule has 0 aliphatic heterocycles. The molecule has 0 heterocycles. The van der Waals surface area contributed by atoms with Gasteiger partial charge in [-0.2, -0.15) is 0 Å². The summed E-state index contributed by atoms with van der Waals surface area (Å²) in [5, 5.41) is 0. The normalized spacial score (nSPS) is 14.1. The van der Waals surface area contributed by atoms with Crippen molar-refractivity contribution in [3.05, 3.63) is 60.2 Å². The fourth-order valence-electron chi connectivity index (χ4n) is 1.87. The highest BCUT2D eigenvalue weighted by molar-refractivity contribution is 7.85. The smallest absolute Gasteiger partial charge is 0.0852 e. The minimum absolute atomic E-state index is 0.0684. The van der Waals surface area contributed by atoms with Crippen molar-refractivity contribution in [3.8, 4) is 0 Å². The van der Waals surface area contributed by atoms with Crippen LogP contribution in [0, 0.1) is 0 Å². The second-order valence-corrected chi connectivity index (χ2v) is 5.82.